The molecule has 0 spiro atoms. The minimum atomic E-state index is -0.370. The molecule has 0 bridgehead atoms. The molecule has 0 fully saturated rings. The van der Waals surface area contributed by atoms with Crippen LogP contribution in [0.25, 0.3) is 0 Å². The summed E-state index contributed by atoms with van der Waals surface area (Å²) in [6.45, 7) is 3.00. The molecule has 1 rings (SSSR count). The highest BCUT2D eigenvalue weighted by Crippen LogP contribution is 2.21. The highest BCUT2D eigenvalue weighted by Gasteiger charge is 2.13. The molecule has 0 aromatic heterocycles. The lowest BCUT2D eigenvalue weighted by Crippen LogP contribution is -2.22. The molecule has 0 atom stereocenters. The van der Waals surface area contributed by atoms with Crippen LogP contribution in [0, 0.1) is 17.0 Å². The molecule has 1 N–H and O–H groups in total. The summed E-state index contributed by atoms with van der Waals surface area (Å²) in [5.74, 6) is 0. The van der Waals surface area contributed by atoms with E-state index in [9.17, 15) is 10.1 Å². The summed E-state index contributed by atoms with van der Waals surface area (Å²) in [6, 6.07) is 5.06. The molecule has 1 aromatic carbocycles. The monoisotopic (exact) mass is 224 g/mol. The molecule has 0 saturated carbocycles. The molecule has 0 aliphatic heterocycles. The van der Waals surface area contributed by atoms with Gasteiger partial charge in [0, 0.05) is 24.7 Å². The minimum absolute atomic E-state index is 0.0878. The van der Waals surface area contributed by atoms with Crippen LogP contribution >= 0.6 is 0 Å². The van der Waals surface area contributed by atoms with Crippen LogP contribution in [0.15, 0.2) is 18.2 Å². The van der Waals surface area contributed by atoms with Crippen molar-refractivity contribution in [2.45, 2.75) is 13.5 Å². The van der Waals surface area contributed by atoms with Gasteiger partial charge in [-0.25, -0.2) is 0 Å². The number of hydrogen-bond acceptors (Lipinski definition) is 4. The van der Waals surface area contributed by atoms with Gasteiger partial charge >= 0.3 is 0 Å². The minimum Gasteiger partial charge on any atom is -0.395 e. The van der Waals surface area contributed by atoms with Crippen LogP contribution in [0.5, 0.6) is 0 Å². The quantitative estimate of drug-likeness (QED) is 0.605. The topological polar surface area (TPSA) is 66.6 Å². The Bertz CT molecular complexity index is 379. The molecule has 0 heterocycles. The van der Waals surface area contributed by atoms with Crippen LogP contribution < -0.4 is 0 Å². The van der Waals surface area contributed by atoms with Crippen molar-refractivity contribution in [1.82, 2.24) is 4.90 Å². The van der Waals surface area contributed by atoms with Crippen molar-refractivity contribution < 1.29 is 10.0 Å². The number of aliphatic hydroxyl groups excluding tert-OH is 1. The summed E-state index contributed by atoms with van der Waals surface area (Å²) in [5.41, 5.74) is 1.76. The second kappa shape index (κ2) is 5.58. The standard InChI is InChI=1S/C11H16N2O3/c1-9-10(8-12(2)6-7-14)4-3-5-11(9)13(15)16/h3-5,14H,6-8H2,1-2H3. The van der Waals surface area contributed by atoms with Gasteiger partial charge in [0.1, 0.15) is 0 Å². The van der Waals surface area contributed by atoms with E-state index < -0.39 is 0 Å². The molecule has 0 saturated heterocycles. The summed E-state index contributed by atoms with van der Waals surface area (Å²) < 4.78 is 0. The Labute approximate surface area is 94.5 Å². The highest BCUT2D eigenvalue weighted by molar-refractivity contribution is 5.44. The summed E-state index contributed by atoms with van der Waals surface area (Å²) in [6.07, 6.45) is 0. The van der Waals surface area contributed by atoms with E-state index in [1.54, 1.807) is 13.0 Å². The first-order valence-electron chi connectivity index (χ1n) is 5.08. The van der Waals surface area contributed by atoms with Crippen molar-refractivity contribution in [3.8, 4) is 0 Å². The fraction of sp³-hybridized carbons (Fsp3) is 0.455. The number of nitro groups is 1. The third-order valence-corrected chi connectivity index (χ3v) is 2.54. The number of hydrogen-bond donors (Lipinski definition) is 1. The highest BCUT2D eigenvalue weighted by atomic mass is 16.6. The van der Waals surface area contributed by atoms with Crippen LogP contribution in [0.4, 0.5) is 5.69 Å². The molecule has 5 nitrogen and oxygen atoms in total. The molecular weight excluding hydrogens is 208 g/mol. The van der Waals surface area contributed by atoms with Gasteiger partial charge in [0.15, 0.2) is 0 Å². The zero-order chi connectivity index (χ0) is 12.1. The maximum atomic E-state index is 10.7. The summed E-state index contributed by atoms with van der Waals surface area (Å²) in [7, 11) is 1.87. The van der Waals surface area contributed by atoms with Gasteiger partial charge in [-0.15, -0.1) is 0 Å². The largest absolute Gasteiger partial charge is 0.395 e. The second-order valence-electron chi connectivity index (χ2n) is 3.78. The van der Waals surface area contributed by atoms with Crippen molar-refractivity contribution in [2.75, 3.05) is 20.2 Å². The first-order chi connectivity index (χ1) is 7.56. The van der Waals surface area contributed by atoms with Gasteiger partial charge in [0.25, 0.3) is 5.69 Å². The summed E-state index contributed by atoms with van der Waals surface area (Å²) in [5, 5.41) is 19.5. The van der Waals surface area contributed by atoms with Crippen LogP contribution in [-0.2, 0) is 6.54 Å². The van der Waals surface area contributed by atoms with Crippen LogP contribution in [0.1, 0.15) is 11.1 Å². The Hall–Kier alpha value is -1.46. The van der Waals surface area contributed by atoms with E-state index in [0.717, 1.165) is 5.56 Å². The third kappa shape index (κ3) is 3.01. The van der Waals surface area contributed by atoms with Gasteiger partial charge < -0.3 is 5.11 Å². The second-order valence-corrected chi connectivity index (χ2v) is 3.78. The first-order valence-corrected chi connectivity index (χ1v) is 5.08. The lowest BCUT2D eigenvalue weighted by atomic mass is 10.1. The van der Waals surface area contributed by atoms with E-state index in [1.807, 2.05) is 18.0 Å². The first kappa shape index (κ1) is 12.6. The summed E-state index contributed by atoms with van der Waals surface area (Å²) in [4.78, 5) is 12.3. The Kier molecular flexibility index (Phi) is 4.39. The van der Waals surface area contributed by atoms with Gasteiger partial charge in [-0.1, -0.05) is 12.1 Å². The predicted octanol–water partition coefficient (Wildman–Crippen LogP) is 1.33. The van der Waals surface area contributed by atoms with Crippen molar-refractivity contribution in [1.29, 1.82) is 0 Å². The van der Waals surface area contributed by atoms with E-state index >= 15 is 0 Å². The van der Waals surface area contributed by atoms with Crippen molar-refractivity contribution >= 4 is 5.69 Å². The van der Waals surface area contributed by atoms with Gasteiger partial charge in [-0.05, 0) is 19.5 Å². The fourth-order valence-electron chi connectivity index (χ4n) is 1.58. The Morgan fingerprint density at radius 1 is 1.50 bits per heavy atom. The van der Waals surface area contributed by atoms with E-state index in [2.05, 4.69) is 0 Å². The van der Waals surface area contributed by atoms with Crippen LogP contribution in [-0.4, -0.2) is 35.1 Å². The molecule has 16 heavy (non-hydrogen) atoms. The zero-order valence-corrected chi connectivity index (χ0v) is 9.51. The lowest BCUT2D eigenvalue weighted by molar-refractivity contribution is -0.385. The van der Waals surface area contributed by atoms with Crippen LogP contribution in [0.3, 0.4) is 0 Å². The molecule has 0 aliphatic carbocycles. The predicted molar refractivity (Wildman–Crippen MR) is 61.3 cm³/mol. The molecule has 0 unspecified atom stereocenters. The maximum Gasteiger partial charge on any atom is 0.272 e. The smallest absolute Gasteiger partial charge is 0.272 e. The number of aliphatic hydroxyl groups is 1. The van der Waals surface area contributed by atoms with E-state index in [4.69, 9.17) is 5.11 Å². The van der Waals surface area contributed by atoms with Gasteiger partial charge in [0.2, 0.25) is 0 Å². The molecular formula is C11H16N2O3. The summed E-state index contributed by atoms with van der Waals surface area (Å²) >= 11 is 0. The molecule has 5 heteroatoms. The molecule has 0 amide bonds. The average molecular weight is 224 g/mol. The lowest BCUT2D eigenvalue weighted by Gasteiger charge is -2.16. The molecule has 0 radical (unpaired) electrons. The normalized spacial score (nSPS) is 10.8. The SMILES string of the molecule is Cc1c(CN(C)CCO)cccc1[N+](=O)[O-]. The number of nitrogens with zero attached hydrogens (tertiary/aromatic N) is 2. The van der Waals surface area contributed by atoms with E-state index in [1.165, 1.54) is 6.07 Å². The molecule has 0 aliphatic rings. The van der Waals surface area contributed by atoms with Gasteiger partial charge in [-0.2, -0.15) is 0 Å². The number of rotatable bonds is 5. The van der Waals surface area contributed by atoms with E-state index in [-0.39, 0.29) is 17.2 Å². The Morgan fingerprint density at radius 3 is 2.75 bits per heavy atom. The van der Waals surface area contributed by atoms with E-state index in [0.29, 0.717) is 18.7 Å². The third-order valence-electron chi connectivity index (χ3n) is 2.54. The number of likely N-dealkylation sites (N-methyl/N-ethyl adjacent to an activating group) is 1. The van der Waals surface area contributed by atoms with Gasteiger partial charge in [-0.3, -0.25) is 15.0 Å². The number of nitro benzene ring substituents is 1. The zero-order valence-electron chi connectivity index (χ0n) is 9.51. The molecule has 88 valence electrons. The van der Waals surface area contributed by atoms with Crippen molar-refractivity contribution in [3.63, 3.8) is 0 Å². The van der Waals surface area contributed by atoms with Crippen molar-refractivity contribution in [3.05, 3.63) is 39.4 Å². The molecule has 1 aromatic rings. The van der Waals surface area contributed by atoms with Gasteiger partial charge in [0.05, 0.1) is 11.5 Å². The fourth-order valence-corrected chi connectivity index (χ4v) is 1.58. The maximum absolute atomic E-state index is 10.7. The number of benzene rings is 1. The van der Waals surface area contributed by atoms with Crippen molar-refractivity contribution in [2.24, 2.45) is 0 Å². The Morgan fingerprint density at radius 2 is 2.19 bits per heavy atom. The van der Waals surface area contributed by atoms with Crippen LogP contribution in [0.2, 0.25) is 0 Å². The Balaban J connectivity index is 2.89. The average Bonchev–Trinajstić information content (AvgIpc) is 2.21.